The van der Waals surface area contributed by atoms with Gasteiger partial charge in [0.25, 0.3) is 11.5 Å². The fourth-order valence-electron chi connectivity index (χ4n) is 4.56. The van der Waals surface area contributed by atoms with Crippen LogP contribution in [0.5, 0.6) is 0 Å². The number of amides is 1. The topological polar surface area (TPSA) is 64.4 Å². The Morgan fingerprint density at radius 1 is 1.08 bits per heavy atom. The molecule has 0 aliphatic heterocycles. The molecule has 1 aromatic heterocycles. The number of nitrogens with zero attached hydrogens (tertiary/aromatic N) is 3. The van der Waals surface area contributed by atoms with Gasteiger partial charge in [-0.15, -0.1) is 0 Å². The molecule has 0 aliphatic rings. The molecule has 0 aliphatic carbocycles. The molecule has 6 nitrogen and oxygen atoms in total. The van der Waals surface area contributed by atoms with Gasteiger partial charge < -0.3 is 9.64 Å². The molecule has 4 rings (SSSR count). The van der Waals surface area contributed by atoms with Gasteiger partial charge in [0, 0.05) is 24.2 Å². The molecule has 3 aromatic carbocycles. The van der Waals surface area contributed by atoms with Gasteiger partial charge in [-0.25, -0.2) is 4.98 Å². The number of rotatable bonds is 10. The number of halogens is 1. The van der Waals surface area contributed by atoms with Crippen molar-refractivity contribution in [2.75, 3.05) is 20.3 Å². The van der Waals surface area contributed by atoms with Crippen molar-refractivity contribution >= 4 is 28.4 Å². The monoisotopic (exact) mass is 531 g/mol. The molecule has 4 aromatic rings. The second-order valence-corrected chi connectivity index (χ2v) is 10.0. The van der Waals surface area contributed by atoms with Gasteiger partial charge in [-0.3, -0.25) is 14.2 Å². The molecule has 1 unspecified atom stereocenters. The number of carbonyl (C=O) groups excluding carboxylic acids is 1. The standard InChI is InChI=1S/C31H34ClN3O3/c1-5-6-7-23-10-12-24(13-11-23)30(36)34(18-19-38-4)22(3)29-33-28-20-25(32)14-17-27(28)31(37)35(29)26-15-8-21(2)9-16-26/h8-17,20,22H,5-7,18-19H2,1-4H3. The van der Waals surface area contributed by atoms with Gasteiger partial charge in [0.15, 0.2) is 0 Å². The number of methoxy groups -OCH3 is 1. The summed E-state index contributed by atoms with van der Waals surface area (Å²) < 4.78 is 6.94. The van der Waals surface area contributed by atoms with E-state index in [0.29, 0.717) is 46.2 Å². The maximum absolute atomic E-state index is 13.8. The molecule has 1 amide bonds. The second kappa shape index (κ2) is 12.4. The lowest BCUT2D eigenvalue weighted by Gasteiger charge is -2.30. The molecule has 0 spiro atoms. The van der Waals surface area contributed by atoms with E-state index in [1.165, 1.54) is 5.56 Å². The first kappa shape index (κ1) is 27.6. The van der Waals surface area contributed by atoms with Crippen molar-refractivity contribution in [3.05, 3.63) is 105 Å². The van der Waals surface area contributed by atoms with Crippen LogP contribution in [-0.4, -0.2) is 40.6 Å². The molecule has 0 radical (unpaired) electrons. The zero-order chi connectivity index (χ0) is 27.2. The Balaban J connectivity index is 1.82. The van der Waals surface area contributed by atoms with Crippen LogP contribution in [0.2, 0.25) is 5.02 Å². The van der Waals surface area contributed by atoms with Crippen molar-refractivity contribution in [3.63, 3.8) is 0 Å². The van der Waals surface area contributed by atoms with E-state index >= 15 is 0 Å². The summed E-state index contributed by atoms with van der Waals surface area (Å²) >= 11 is 6.25. The highest BCUT2D eigenvalue weighted by molar-refractivity contribution is 6.31. The van der Waals surface area contributed by atoms with E-state index in [9.17, 15) is 9.59 Å². The number of carbonyl (C=O) groups is 1. The van der Waals surface area contributed by atoms with Crippen molar-refractivity contribution in [3.8, 4) is 5.69 Å². The lowest BCUT2D eigenvalue weighted by atomic mass is 10.1. The van der Waals surface area contributed by atoms with E-state index < -0.39 is 6.04 Å². The van der Waals surface area contributed by atoms with Crippen LogP contribution >= 0.6 is 11.6 Å². The smallest absolute Gasteiger partial charge is 0.266 e. The summed E-state index contributed by atoms with van der Waals surface area (Å²) in [5.74, 6) is 0.310. The summed E-state index contributed by atoms with van der Waals surface area (Å²) in [4.78, 5) is 34.2. The SMILES string of the molecule is CCCCc1ccc(C(=O)N(CCOC)C(C)c2nc3cc(Cl)ccc3c(=O)n2-c2ccc(C)cc2)cc1. The number of hydrogen-bond acceptors (Lipinski definition) is 4. The van der Waals surface area contributed by atoms with Crippen LogP contribution in [-0.2, 0) is 11.2 Å². The number of aryl methyl sites for hydroxylation is 2. The van der Waals surface area contributed by atoms with Crippen LogP contribution in [0.15, 0.2) is 71.5 Å². The summed E-state index contributed by atoms with van der Waals surface area (Å²) in [6.07, 6.45) is 3.22. The third-order valence-electron chi connectivity index (χ3n) is 6.81. The minimum atomic E-state index is -0.533. The highest BCUT2D eigenvalue weighted by Crippen LogP contribution is 2.26. The maximum Gasteiger partial charge on any atom is 0.266 e. The Morgan fingerprint density at radius 2 is 1.79 bits per heavy atom. The summed E-state index contributed by atoms with van der Waals surface area (Å²) in [6, 6.07) is 20.0. The Bertz CT molecular complexity index is 1460. The highest BCUT2D eigenvalue weighted by Gasteiger charge is 2.27. The van der Waals surface area contributed by atoms with Gasteiger partial charge in [-0.1, -0.05) is 54.8 Å². The van der Waals surface area contributed by atoms with Crippen LogP contribution in [0, 0.1) is 6.92 Å². The van der Waals surface area contributed by atoms with Crippen LogP contribution in [0.4, 0.5) is 0 Å². The van der Waals surface area contributed by atoms with E-state index in [4.69, 9.17) is 21.3 Å². The summed E-state index contributed by atoms with van der Waals surface area (Å²) in [5.41, 5.74) is 3.84. The lowest BCUT2D eigenvalue weighted by molar-refractivity contribution is 0.0605. The molecule has 0 bridgehead atoms. The number of aromatic nitrogens is 2. The van der Waals surface area contributed by atoms with Crippen LogP contribution in [0.25, 0.3) is 16.6 Å². The predicted molar refractivity (Wildman–Crippen MR) is 153 cm³/mol. The van der Waals surface area contributed by atoms with Gasteiger partial charge in [0.05, 0.1) is 29.2 Å². The van der Waals surface area contributed by atoms with E-state index in [0.717, 1.165) is 24.8 Å². The van der Waals surface area contributed by atoms with Crippen molar-refractivity contribution in [1.29, 1.82) is 0 Å². The summed E-state index contributed by atoms with van der Waals surface area (Å²) in [5, 5.41) is 0.954. The Morgan fingerprint density at radius 3 is 2.45 bits per heavy atom. The van der Waals surface area contributed by atoms with E-state index in [1.807, 2.05) is 62.4 Å². The first-order valence-electron chi connectivity index (χ1n) is 13.0. The van der Waals surface area contributed by atoms with Crippen molar-refractivity contribution in [1.82, 2.24) is 14.5 Å². The van der Waals surface area contributed by atoms with Crippen LogP contribution in [0.1, 0.15) is 60.0 Å². The second-order valence-electron chi connectivity index (χ2n) is 9.58. The van der Waals surface area contributed by atoms with Gasteiger partial charge in [-0.05, 0) is 74.7 Å². The Hall–Kier alpha value is -3.48. The quantitative estimate of drug-likeness (QED) is 0.233. The first-order valence-corrected chi connectivity index (χ1v) is 13.4. The third-order valence-corrected chi connectivity index (χ3v) is 7.04. The average Bonchev–Trinajstić information content (AvgIpc) is 2.92. The molecule has 0 saturated heterocycles. The number of ether oxygens (including phenoxy) is 1. The molecule has 0 N–H and O–H groups in total. The van der Waals surface area contributed by atoms with E-state index in [2.05, 4.69) is 6.92 Å². The Kier molecular flexibility index (Phi) is 8.97. The molecule has 0 saturated carbocycles. The van der Waals surface area contributed by atoms with Crippen molar-refractivity contribution < 1.29 is 9.53 Å². The molecule has 7 heteroatoms. The van der Waals surface area contributed by atoms with E-state index in [-0.39, 0.29) is 11.5 Å². The normalized spacial score (nSPS) is 12.0. The molecule has 0 fully saturated rings. The highest BCUT2D eigenvalue weighted by atomic mass is 35.5. The van der Waals surface area contributed by atoms with Crippen molar-refractivity contribution in [2.45, 2.75) is 46.1 Å². The maximum atomic E-state index is 13.8. The number of hydrogen-bond donors (Lipinski definition) is 0. The zero-order valence-corrected chi connectivity index (χ0v) is 23.2. The van der Waals surface area contributed by atoms with Gasteiger partial charge >= 0.3 is 0 Å². The average molecular weight is 532 g/mol. The molecule has 38 heavy (non-hydrogen) atoms. The number of fused-ring (bicyclic) bond motifs is 1. The van der Waals surface area contributed by atoms with Crippen LogP contribution in [0.3, 0.4) is 0 Å². The van der Waals surface area contributed by atoms with Gasteiger partial charge in [0.1, 0.15) is 5.82 Å². The molecule has 198 valence electrons. The summed E-state index contributed by atoms with van der Waals surface area (Å²) in [7, 11) is 1.61. The minimum Gasteiger partial charge on any atom is -0.383 e. The zero-order valence-electron chi connectivity index (χ0n) is 22.4. The molecular weight excluding hydrogens is 498 g/mol. The predicted octanol–water partition coefficient (Wildman–Crippen LogP) is 6.54. The Labute approximate surface area is 228 Å². The fourth-order valence-corrected chi connectivity index (χ4v) is 4.73. The fraction of sp³-hybridized carbons (Fsp3) is 0.323. The lowest BCUT2D eigenvalue weighted by Crippen LogP contribution is -2.39. The molecular formula is C31H34ClN3O3. The molecule has 1 atom stereocenters. The van der Waals surface area contributed by atoms with Crippen molar-refractivity contribution in [2.24, 2.45) is 0 Å². The first-order chi connectivity index (χ1) is 18.3. The van der Waals surface area contributed by atoms with Gasteiger partial charge in [0.2, 0.25) is 0 Å². The van der Waals surface area contributed by atoms with E-state index in [1.54, 1.807) is 34.8 Å². The summed E-state index contributed by atoms with van der Waals surface area (Å²) in [6.45, 7) is 6.74. The minimum absolute atomic E-state index is 0.146. The number of unbranched alkanes of at least 4 members (excludes halogenated alkanes) is 1. The third kappa shape index (κ3) is 5.98. The largest absolute Gasteiger partial charge is 0.383 e. The molecule has 1 heterocycles. The number of benzene rings is 3. The van der Waals surface area contributed by atoms with Crippen LogP contribution < -0.4 is 5.56 Å². The van der Waals surface area contributed by atoms with Gasteiger partial charge in [-0.2, -0.15) is 0 Å².